The van der Waals surface area contributed by atoms with E-state index in [4.69, 9.17) is 32.8 Å². The molecular weight excluding hydrogens is 359 g/mol. The molecule has 1 aliphatic rings. The fourth-order valence-corrected chi connectivity index (χ4v) is 3.24. The third-order valence-electron chi connectivity index (χ3n) is 4.02. The van der Waals surface area contributed by atoms with Gasteiger partial charge in [-0.05, 0) is 30.3 Å². The zero-order valence-corrected chi connectivity index (χ0v) is 14.7. The Bertz CT molecular complexity index is 959. The van der Waals surface area contributed by atoms with E-state index in [-0.39, 0.29) is 6.10 Å². The second-order valence-corrected chi connectivity index (χ2v) is 6.52. The maximum absolute atomic E-state index is 6.22. The van der Waals surface area contributed by atoms with Crippen molar-refractivity contribution in [3.05, 3.63) is 70.3 Å². The minimum absolute atomic E-state index is 0.166. The van der Waals surface area contributed by atoms with E-state index in [1.165, 1.54) is 0 Å². The minimum atomic E-state index is -0.166. The summed E-state index contributed by atoms with van der Waals surface area (Å²) >= 11 is 12.4. The molecule has 0 aliphatic carbocycles. The molecule has 1 aromatic heterocycles. The van der Waals surface area contributed by atoms with E-state index in [1.54, 1.807) is 6.20 Å². The van der Waals surface area contributed by atoms with Gasteiger partial charge in [-0.25, -0.2) is 0 Å². The zero-order valence-electron chi connectivity index (χ0n) is 13.2. The number of halogens is 2. The lowest BCUT2D eigenvalue weighted by Crippen LogP contribution is -2.18. The summed E-state index contributed by atoms with van der Waals surface area (Å²) in [5.74, 6) is 0.676. The highest BCUT2D eigenvalue weighted by molar-refractivity contribution is 6.35. The lowest BCUT2D eigenvalue weighted by Gasteiger charge is -2.12. The molecule has 3 aromatic rings. The minimum Gasteiger partial charge on any atom is -0.487 e. The lowest BCUT2D eigenvalue weighted by molar-refractivity contribution is 0.0475. The van der Waals surface area contributed by atoms with E-state index in [9.17, 15) is 0 Å². The molecule has 25 heavy (non-hydrogen) atoms. The molecule has 0 saturated heterocycles. The van der Waals surface area contributed by atoms with Crippen LogP contribution in [0.3, 0.4) is 0 Å². The first-order chi connectivity index (χ1) is 12.2. The van der Waals surface area contributed by atoms with Gasteiger partial charge in [0.05, 0.1) is 10.7 Å². The lowest BCUT2D eigenvalue weighted by atomic mass is 10.1. The summed E-state index contributed by atoms with van der Waals surface area (Å²) in [5, 5.41) is 6.33. The van der Waals surface area contributed by atoms with Gasteiger partial charge in [-0.2, -0.15) is 0 Å². The summed E-state index contributed by atoms with van der Waals surface area (Å²) in [6, 6.07) is 15.0. The number of hydrogen-bond acceptors (Lipinski definition) is 4. The standard InChI is InChI=1S/C19H14Cl2N2O2/c20-15-6-2-1-4-13(15)17-10-12(25-23-17)11-24-18-8-7-16(21)14-5-3-9-22-19(14)18/h1-9,12H,10-11H2. The molecule has 2 heterocycles. The van der Waals surface area contributed by atoms with Crippen LogP contribution in [0.1, 0.15) is 12.0 Å². The molecule has 6 heteroatoms. The molecule has 0 bridgehead atoms. The molecule has 126 valence electrons. The van der Waals surface area contributed by atoms with Crippen molar-refractivity contribution < 1.29 is 9.57 Å². The molecule has 0 spiro atoms. The second-order valence-electron chi connectivity index (χ2n) is 5.71. The number of aromatic nitrogens is 1. The summed E-state index contributed by atoms with van der Waals surface area (Å²) in [5.41, 5.74) is 2.46. The Hall–Kier alpha value is -2.30. The molecule has 0 amide bonds. The highest BCUT2D eigenvalue weighted by atomic mass is 35.5. The van der Waals surface area contributed by atoms with Crippen LogP contribution in [0.2, 0.25) is 10.0 Å². The normalized spacial score (nSPS) is 16.6. The first-order valence-electron chi connectivity index (χ1n) is 7.86. The van der Waals surface area contributed by atoms with E-state index in [0.29, 0.717) is 28.8 Å². The van der Waals surface area contributed by atoms with E-state index in [2.05, 4.69) is 10.1 Å². The number of benzene rings is 2. The van der Waals surface area contributed by atoms with Gasteiger partial charge < -0.3 is 9.57 Å². The Labute approximate surface area is 155 Å². The first kappa shape index (κ1) is 16.2. The summed E-state index contributed by atoms with van der Waals surface area (Å²) in [7, 11) is 0. The monoisotopic (exact) mass is 372 g/mol. The van der Waals surface area contributed by atoms with Crippen molar-refractivity contribution in [2.45, 2.75) is 12.5 Å². The van der Waals surface area contributed by atoms with Crippen LogP contribution in [0.15, 0.2) is 59.9 Å². The topological polar surface area (TPSA) is 43.7 Å². The number of oxime groups is 1. The molecule has 4 rings (SSSR count). The van der Waals surface area contributed by atoms with Crippen LogP contribution in [0.4, 0.5) is 0 Å². The molecule has 0 fully saturated rings. The Morgan fingerprint density at radius 1 is 1.04 bits per heavy atom. The van der Waals surface area contributed by atoms with Gasteiger partial charge in [-0.15, -0.1) is 0 Å². The third kappa shape index (κ3) is 3.28. The Balaban J connectivity index is 1.46. The quantitative estimate of drug-likeness (QED) is 0.638. The third-order valence-corrected chi connectivity index (χ3v) is 4.68. The number of fused-ring (bicyclic) bond motifs is 1. The molecule has 1 atom stereocenters. The van der Waals surface area contributed by atoms with Crippen molar-refractivity contribution in [2.75, 3.05) is 6.61 Å². The van der Waals surface area contributed by atoms with Gasteiger partial charge >= 0.3 is 0 Å². The molecule has 1 unspecified atom stereocenters. The van der Waals surface area contributed by atoms with Gasteiger partial charge in [0.2, 0.25) is 0 Å². The van der Waals surface area contributed by atoms with Crippen molar-refractivity contribution in [3.8, 4) is 5.75 Å². The Kier molecular flexibility index (Phi) is 4.47. The van der Waals surface area contributed by atoms with Crippen molar-refractivity contribution in [1.82, 2.24) is 4.98 Å². The molecule has 0 radical (unpaired) electrons. The van der Waals surface area contributed by atoms with Crippen LogP contribution in [-0.4, -0.2) is 23.4 Å². The smallest absolute Gasteiger partial charge is 0.167 e. The molecular formula is C19H14Cl2N2O2. The number of hydrogen-bond donors (Lipinski definition) is 0. The van der Waals surface area contributed by atoms with Gasteiger partial charge in [0.25, 0.3) is 0 Å². The van der Waals surface area contributed by atoms with Gasteiger partial charge in [-0.1, -0.05) is 46.6 Å². The maximum Gasteiger partial charge on any atom is 0.167 e. The fourth-order valence-electron chi connectivity index (χ4n) is 2.78. The highest BCUT2D eigenvalue weighted by Crippen LogP contribution is 2.30. The number of pyridine rings is 1. The van der Waals surface area contributed by atoms with Gasteiger partial charge in [-0.3, -0.25) is 4.98 Å². The van der Waals surface area contributed by atoms with Crippen LogP contribution in [0, 0.1) is 0 Å². The fraction of sp³-hybridized carbons (Fsp3) is 0.158. The van der Waals surface area contributed by atoms with Crippen LogP contribution < -0.4 is 4.74 Å². The first-order valence-corrected chi connectivity index (χ1v) is 8.61. The molecule has 1 aliphatic heterocycles. The van der Waals surface area contributed by atoms with E-state index < -0.39 is 0 Å². The van der Waals surface area contributed by atoms with Crippen LogP contribution in [-0.2, 0) is 4.84 Å². The van der Waals surface area contributed by atoms with Crippen molar-refractivity contribution in [1.29, 1.82) is 0 Å². The van der Waals surface area contributed by atoms with Gasteiger partial charge in [0, 0.05) is 28.6 Å². The second kappa shape index (κ2) is 6.90. The van der Waals surface area contributed by atoms with Gasteiger partial charge in [0.15, 0.2) is 6.10 Å². The summed E-state index contributed by atoms with van der Waals surface area (Å²) in [4.78, 5) is 9.86. The maximum atomic E-state index is 6.22. The number of nitrogens with zero attached hydrogens (tertiary/aromatic N) is 2. The number of ether oxygens (including phenoxy) is 1. The molecule has 2 aromatic carbocycles. The number of rotatable bonds is 4. The predicted molar refractivity (Wildman–Crippen MR) is 99.7 cm³/mol. The van der Waals surface area contributed by atoms with E-state index in [0.717, 1.165) is 22.2 Å². The summed E-state index contributed by atoms with van der Waals surface area (Å²) < 4.78 is 5.92. The summed E-state index contributed by atoms with van der Waals surface area (Å²) in [6.45, 7) is 0.366. The average molecular weight is 373 g/mol. The summed E-state index contributed by atoms with van der Waals surface area (Å²) in [6.07, 6.45) is 2.19. The molecule has 0 N–H and O–H groups in total. The molecule has 0 saturated carbocycles. The van der Waals surface area contributed by atoms with Crippen molar-refractivity contribution in [2.24, 2.45) is 5.16 Å². The van der Waals surface area contributed by atoms with Crippen LogP contribution in [0.5, 0.6) is 5.75 Å². The molecule has 4 nitrogen and oxygen atoms in total. The zero-order chi connectivity index (χ0) is 17.2. The average Bonchev–Trinajstić information content (AvgIpc) is 3.11. The van der Waals surface area contributed by atoms with E-state index >= 15 is 0 Å². The Morgan fingerprint density at radius 3 is 2.80 bits per heavy atom. The predicted octanol–water partition coefficient (Wildman–Crippen LogP) is 5.11. The largest absolute Gasteiger partial charge is 0.487 e. The van der Waals surface area contributed by atoms with Gasteiger partial charge in [0.1, 0.15) is 17.9 Å². The van der Waals surface area contributed by atoms with Crippen LogP contribution >= 0.6 is 23.2 Å². The van der Waals surface area contributed by atoms with Crippen molar-refractivity contribution >= 4 is 39.8 Å². The van der Waals surface area contributed by atoms with Crippen molar-refractivity contribution in [3.63, 3.8) is 0 Å². The highest BCUT2D eigenvalue weighted by Gasteiger charge is 2.24. The van der Waals surface area contributed by atoms with Crippen LogP contribution in [0.25, 0.3) is 10.9 Å². The van der Waals surface area contributed by atoms with E-state index in [1.807, 2.05) is 48.5 Å². The Morgan fingerprint density at radius 2 is 1.92 bits per heavy atom. The SMILES string of the molecule is Clc1ccccc1C1=NOC(COc2ccc(Cl)c3cccnc23)C1.